The second-order valence-electron chi connectivity index (χ2n) is 5.70. The molecule has 0 amide bonds. The quantitative estimate of drug-likeness (QED) is 0.759. The highest BCUT2D eigenvalue weighted by atomic mass is 16.5. The zero-order chi connectivity index (χ0) is 17.4. The molecule has 0 spiro atoms. The number of hydrogen-bond acceptors (Lipinski definition) is 3. The number of aliphatic carboxylic acids is 1. The third-order valence-corrected chi connectivity index (χ3v) is 3.92. The molecular weight excluding hydrogens is 304 g/mol. The highest BCUT2D eigenvalue weighted by Gasteiger charge is 2.20. The minimum Gasteiger partial charge on any atom is -0.479 e. The first-order valence-electron chi connectivity index (χ1n) is 8.18. The van der Waals surface area contributed by atoms with Gasteiger partial charge in [-0.1, -0.05) is 43.3 Å². The Balaban J connectivity index is 2.11. The molecule has 128 valence electrons. The van der Waals surface area contributed by atoms with Crippen LogP contribution in [0.3, 0.4) is 0 Å². The predicted octanol–water partition coefficient (Wildman–Crippen LogP) is 3.86. The van der Waals surface area contributed by atoms with Crippen LogP contribution in [0.2, 0.25) is 0 Å². The lowest BCUT2D eigenvalue weighted by Crippen LogP contribution is -2.28. The molecule has 24 heavy (non-hydrogen) atoms. The van der Waals surface area contributed by atoms with Crippen molar-refractivity contribution in [1.82, 2.24) is 0 Å². The van der Waals surface area contributed by atoms with E-state index in [2.05, 4.69) is 6.92 Å². The molecular formula is C20H24O4. The van der Waals surface area contributed by atoms with Gasteiger partial charge in [-0.05, 0) is 42.5 Å². The van der Waals surface area contributed by atoms with Crippen LogP contribution in [-0.2, 0) is 29.0 Å². The number of aryl methyl sites for hydroxylation is 2. The standard InChI is InChI=1S/C20H24O4/c1-3-15-9-11-18(17(13-15)14-23-2)24-19(20(21)22)12-10-16-7-5-4-6-8-16/h4-9,11,13,19H,3,10,12,14H2,1-2H3,(H,21,22). The lowest BCUT2D eigenvalue weighted by Gasteiger charge is -2.18. The summed E-state index contributed by atoms with van der Waals surface area (Å²) in [4.78, 5) is 11.6. The third kappa shape index (κ3) is 5.10. The molecule has 0 aliphatic carbocycles. The normalized spacial score (nSPS) is 11.9. The van der Waals surface area contributed by atoms with Crippen molar-refractivity contribution in [2.24, 2.45) is 0 Å². The second-order valence-corrected chi connectivity index (χ2v) is 5.70. The van der Waals surface area contributed by atoms with Crippen molar-refractivity contribution in [3.05, 3.63) is 65.2 Å². The van der Waals surface area contributed by atoms with Gasteiger partial charge in [-0.3, -0.25) is 0 Å². The molecule has 0 heterocycles. The number of benzene rings is 2. The maximum Gasteiger partial charge on any atom is 0.344 e. The van der Waals surface area contributed by atoms with E-state index in [4.69, 9.17) is 9.47 Å². The molecule has 1 atom stereocenters. The number of methoxy groups -OCH3 is 1. The molecule has 0 aromatic heterocycles. The molecule has 4 nitrogen and oxygen atoms in total. The van der Waals surface area contributed by atoms with Gasteiger partial charge in [0.15, 0.2) is 6.10 Å². The topological polar surface area (TPSA) is 55.8 Å². The predicted molar refractivity (Wildman–Crippen MR) is 93.3 cm³/mol. The van der Waals surface area contributed by atoms with Gasteiger partial charge >= 0.3 is 5.97 Å². The van der Waals surface area contributed by atoms with E-state index in [1.54, 1.807) is 7.11 Å². The lowest BCUT2D eigenvalue weighted by atomic mass is 10.1. The van der Waals surface area contributed by atoms with Crippen molar-refractivity contribution < 1.29 is 19.4 Å². The molecule has 0 radical (unpaired) electrons. The highest BCUT2D eigenvalue weighted by molar-refractivity contribution is 5.72. The summed E-state index contributed by atoms with van der Waals surface area (Å²) in [6, 6.07) is 15.6. The fraction of sp³-hybridized carbons (Fsp3) is 0.350. The summed E-state index contributed by atoms with van der Waals surface area (Å²) in [6.45, 7) is 2.47. The molecule has 2 rings (SSSR count). The van der Waals surface area contributed by atoms with Crippen molar-refractivity contribution in [2.75, 3.05) is 7.11 Å². The van der Waals surface area contributed by atoms with Crippen LogP contribution in [-0.4, -0.2) is 24.3 Å². The first-order chi connectivity index (χ1) is 11.6. The Labute approximate surface area is 143 Å². The van der Waals surface area contributed by atoms with Gasteiger partial charge in [0.25, 0.3) is 0 Å². The van der Waals surface area contributed by atoms with Crippen LogP contribution in [0.4, 0.5) is 0 Å². The van der Waals surface area contributed by atoms with Crippen LogP contribution in [0.25, 0.3) is 0 Å². The fourth-order valence-electron chi connectivity index (χ4n) is 2.56. The van der Waals surface area contributed by atoms with E-state index in [-0.39, 0.29) is 0 Å². The maximum atomic E-state index is 11.6. The van der Waals surface area contributed by atoms with E-state index in [1.807, 2.05) is 48.5 Å². The number of rotatable bonds is 9. The van der Waals surface area contributed by atoms with Crippen LogP contribution in [0, 0.1) is 0 Å². The zero-order valence-corrected chi connectivity index (χ0v) is 14.2. The van der Waals surface area contributed by atoms with Crippen molar-refractivity contribution in [3.8, 4) is 5.75 Å². The van der Waals surface area contributed by atoms with Gasteiger partial charge in [-0.25, -0.2) is 4.79 Å². The van der Waals surface area contributed by atoms with E-state index in [0.717, 1.165) is 17.5 Å². The molecule has 0 aliphatic rings. The SMILES string of the molecule is CCc1ccc(OC(CCc2ccccc2)C(=O)O)c(COC)c1. The Bertz CT molecular complexity index is 652. The van der Waals surface area contributed by atoms with E-state index in [9.17, 15) is 9.90 Å². The van der Waals surface area contributed by atoms with E-state index < -0.39 is 12.1 Å². The van der Waals surface area contributed by atoms with Gasteiger partial charge in [-0.15, -0.1) is 0 Å². The largest absolute Gasteiger partial charge is 0.479 e. The molecule has 1 N–H and O–H groups in total. The van der Waals surface area contributed by atoms with Crippen LogP contribution < -0.4 is 4.74 Å². The van der Waals surface area contributed by atoms with Gasteiger partial charge < -0.3 is 14.6 Å². The Morgan fingerprint density at radius 2 is 1.88 bits per heavy atom. The van der Waals surface area contributed by atoms with Crippen LogP contribution in [0.5, 0.6) is 5.75 Å². The number of hydrogen-bond donors (Lipinski definition) is 1. The summed E-state index contributed by atoms with van der Waals surface area (Å²) in [6.07, 6.45) is 1.10. The van der Waals surface area contributed by atoms with Gasteiger partial charge in [0.05, 0.1) is 6.61 Å². The fourth-order valence-corrected chi connectivity index (χ4v) is 2.56. The maximum absolute atomic E-state index is 11.6. The first kappa shape index (κ1) is 18.0. The number of carboxylic acids is 1. The minimum atomic E-state index is -0.950. The molecule has 1 unspecified atom stereocenters. The molecule has 0 saturated carbocycles. The monoisotopic (exact) mass is 328 g/mol. The van der Waals surface area contributed by atoms with E-state index in [0.29, 0.717) is 25.2 Å². The molecule has 0 bridgehead atoms. The lowest BCUT2D eigenvalue weighted by molar-refractivity contribution is -0.145. The average molecular weight is 328 g/mol. The molecule has 2 aromatic rings. The Morgan fingerprint density at radius 3 is 2.50 bits per heavy atom. The van der Waals surface area contributed by atoms with E-state index in [1.165, 1.54) is 5.56 Å². The summed E-state index contributed by atoms with van der Waals surface area (Å²) in [5.41, 5.74) is 3.15. The summed E-state index contributed by atoms with van der Waals surface area (Å²) in [5, 5.41) is 9.48. The molecule has 0 fully saturated rings. The van der Waals surface area contributed by atoms with Crippen LogP contribution in [0.15, 0.2) is 48.5 Å². The van der Waals surface area contributed by atoms with Crippen molar-refractivity contribution in [3.63, 3.8) is 0 Å². The van der Waals surface area contributed by atoms with Gasteiger partial charge in [0.1, 0.15) is 5.75 Å². The smallest absolute Gasteiger partial charge is 0.344 e. The van der Waals surface area contributed by atoms with Crippen molar-refractivity contribution >= 4 is 5.97 Å². The summed E-state index contributed by atoms with van der Waals surface area (Å²) >= 11 is 0. The van der Waals surface area contributed by atoms with Crippen LogP contribution in [0.1, 0.15) is 30.0 Å². The number of carboxylic acid groups (broad SMARTS) is 1. The summed E-state index contributed by atoms with van der Waals surface area (Å²) in [7, 11) is 1.62. The summed E-state index contributed by atoms with van der Waals surface area (Å²) in [5.74, 6) is -0.372. The van der Waals surface area contributed by atoms with Crippen molar-refractivity contribution in [1.29, 1.82) is 0 Å². The van der Waals surface area contributed by atoms with Gasteiger partial charge in [-0.2, -0.15) is 0 Å². The van der Waals surface area contributed by atoms with E-state index >= 15 is 0 Å². The van der Waals surface area contributed by atoms with Gasteiger partial charge in [0, 0.05) is 12.7 Å². The molecule has 2 aromatic carbocycles. The van der Waals surface area contributed by atoms with Crippen LogP contribution >= 0.6 is 0 Å². The summed E-state index contributed by atoms with van der Waals surface area (Å²) < 4.78 is 11.0. The average Bonchev–Trinajstić information content (AvgIpc) is 2.60. The first-order valence-corrected chi connectivity index (χ1v) is 8.18. The Kier molecular flexibility index (Phi) is 6.82. The molecule has 4 heteroatoms. The molecule has 0 aliphatic heterocycles. The Morgan fingerprint density at radius 1 is 1.12 bits per heavy atom. The Hall–Kier alpha value is -2.33. The number of carbonyl (C=O) groups is 1. The minimum absolute atomic E-state index is 0.397. The highest BCUT2D eigenvalue weighted by Crippen LogP contribution is 2.24. The zero-order valence-electron chi connectivity index (χ0n) is 14.2. The van der Waals surface area contributed by atoms with Crippen molar-refractivity contribution in [2.45, 2.75) is 38.9 Å². The second kappa shape index (κ2) is 9.08. The van der Waals surface area contributed by atoms with Gasteiger partial charge in [0.2, 0.25) is 0 Å². The third-order valence-electron chi connectivity index (χ3n) is 3.92. The number of ether oxygens (including phenoxy) is 2. The molecule has 0 saturated heterocycles.